The molecule has 5 aliphatic rings. The van der Waals surface area contributed by atoms with Crippen LogP contribution in [0.1, 0.15) is 94.3 Å². The van der Waals surface area contributed by atoms with Crippen LogP contribution in [0.15, 0.2) is 70.8 Å². The molecule has 9 heterocycles. The van der Waals surface area contributed by atoms with Crippen LogP contribution in [-0.2, 0) is 20.7 Å². The maximum absolute atomic E-state index is 17.0. The Labute approximate surface area is 468 Å². The minimum Gasteiger partial charge on any atom is -0.508 e. The fraction of sp³-hybridized carbons (Fsp3) is 0.450. The van der Waals surface area contributed by atoms with Crippen molar-refractivity contribution in [2.45, 2.75) is 115 Å². The molecule has 7 aromatic rings. The van der Waals surface area contributed by atoms with Gasteiger partial charge in [0.05, 0.1) is 51.7 Å². The number of anilines is 2. The molecule has 0 radical (unpaired) electrons. The average molecular weight is 1110 g/mol. The van der Waals surface area contributed by atoms with Crippen molar-refractivity contribution < 1.29 is 37.5 Å². The van der Waals surface area contributed by atoms with E-state index < -0.39 is 17.7 Å². The normalized spacial score (nSPS) is 19.9. The molecule has 4 unspecified atom stereocenters. The molecule has 12 rings (SSSR count). The summed E-state index contributed by atoms with van der Waals surface area (Å²) < 4.78 is 50.4. The lowest BCUT2D eigenvalue weighted by Crippen LogP contribution is -2.54. The van der Waals surface area contributed by atoms with Crippen molar-refractivity contribution in [2.75, 3.05) is 68.8 Å². The lowest BCUT2D eigenvalue weighted by atomic mass is 9.96. The molecule has 0 aliphatic carbocycles. The van der Waals surface area contributed by atoms with E-state index in [1.807, 2.05) is 31.5 Å². The number of hydrogen-bond donors (Lipinski definition) is 3. The number of benzene rings is 3. The molecule has 418 valence electrons. The molecule has 5 saturated heterocycles. The Balaban J connectivity index is 0.00000220. The van der Waals surface area contributed by atoms with Crippen molar-refractivity contribution in [3.05, 3.63) is 101 Å². The maximum Gasteiger partial charge on any atom is 0.319 e. The summed E-state index contributed by atoms with van der Waals surface area (Å²) in [4.78, 5) is 54.8. The van der Waals surface area contributed by atoms with E-state index in [0.717, 1.165) is 66.9 Å². The van der Waals surface area contributed by atoms with Crippen LogP contribution in [-0.4, -0.2) is 141 Å². The Morgan fingerprint density at radius 3 is 2.44 bits per heavy atom. The summed E-state index contributed by atoms with van der Waals surface area (Å²) in [6.45, 7) is 13.9. The van der Waals surface area contributed by atoms with Gasteiger partial charge >= 0.3 is 6.01 Å². The number of thiazole rings is 1. The fourth-order valence-electron chi connectivity index (χ4n) is 11.8. The third-order valence-corrected chi connectivity index (χ3v) is 16.8. The van der Waals surface area contributed by atoms with E-state index >= 15 is 8.78 Å². The van der Waals surface area contributed by atoms with Gasteiger partial charge in [0.15, 0.2) is 11.6 Å². The van der Waals surface area contributed by atoms with Crippen molar-refractivity contribution in [1.82, 2.24) is 45.5 Å². The lowest BCUT2D eigenvalue weighted by Gasteiger charge is -2.42. The predicted octanol–water partition coefficient (Wildman–Crippen LogP) is 8.75. The van der Waals surface area contributed by atoms with Gasteiger partial charge < -0.3 is 44.4 Å². The van der Waals surface area contributed by atoms with Crippen LogP contribution in [0.3, 0.4) is 0 Å². The van der Waals surface area contributed by atoms with Gasteiger partial charge in [-0.05, 0) is 87.1 Å². The van der Waals surface area contributed by atoms with Crippen LogP contribution >= 0.6 is 11.3 Å². The van der Waals surface area contributed by atoms with Gasteiger partial charge in [-0.15, -0.1) is 17.8 Å². The number of terminal acetylenes is 1. The van der Waals surface area contributed by atoms with Gasteiger partial charge in [-0.1, -0.05) is 61.7 Å². The number of carbonyl (C=O) groups excluding carboxylic acids is 2. The van der Waals surface area contributed by atoms with Gasteiger partial charge in [0.25, 0.3) is 0 Å². The molecule has 3 aromatic carbocycles. The predicted molar refractivity (Wildman–Crippen MR) is 304 cm³/mol. The molecule has 5 aliphatic heterocycles. The number of ether oxygens (including phenoxy) is 2. The number of phenolic OH excluding ortho intramolecular Hbond substituents is 1. The van der Waals surface area contributed by atoms with Crippen LogP contribution in [0.4, 0.5) is 20.4 Å². The summed E-state index contributed by atoms with van der Waals surface area (Å²) in [5.74, 6) is 2.17. The van der Waals surface area contributed by atoms with Gasteiger partial charge in [0.1, 0.15) is 47.0 Å². The highest BCUT2D eigenvalue weighted by molar-refractivity contribution is 7.13. The van der Waals surface area contributed by atoms with E-state index in [1.165, 1.54) is 36.9 Å². The standard InChI is InChI=1S/C57H59F2N11O6S.C3H8/c1-4-43-46(58)14-11-36-22-39(71)23-44(50(36)43)52-51(59)53-45(26-60-52)55(69-27-37-12-13-38(28-69)63-37)65-57(64-53)74-21-20-67-18-15-40(16-19-67)75-42-29-68(30-42)48-24-41(76-66-48)25-49(72)70-17-5-6-47(70)56(73)62-32(2)34-7-9-35(10-8-34)54-33(3)61-31-77-54;1-3-2/h1,7-11,14,22-24,26,31-32,37-38,40,42,47,63,71H,5-6,12-13,15-21,25,27-30H2,2-3H3,(H,62,73);3H2,1-2H3. The molecule has 4 aromatic heterocycles. The largest absolute Gasteiger partial charge is 0.508 e. The van der Waals surface area contributed by atoms with Gasteiger partial charge in [0, 0.05) is 87.7 Å². The second kappa shape index (κ2) is 23.8. The van der Waals surface area contributed by atoms with E-state index in [-0.39, 0.29) is 94.7 Å². The van der Waals surface area contributed by atoms with Crippen LogP contribution in [0.5, 0.6) is 11.8 Å². The van der Waals surface area contributed by atoms with E-state index in [0.29, 0.717) is 73.9 Å². The first-order chi connectivity index (χ1) is 38.8. The van der Waals surface area contributed by atoms with Crippen molar-refractivity contribution in [3.8, 4) is 45.8 Å². The average Bonchev–Trinajstić information content (AvgIpc) is 4.31. The Kier molecular flexibility index (Phi) is 16.3. The Hall–Kier alpha value is -7.31. The Morgan fingerprint density at radius 1 is 0.950 bits per heavy atom. The number of amides is 2. The molecule has 17 nitrogen and oxygen atoms in total. The molecule has 20 heteroatoms. The summed E-state index contributed by atoms with van der Waals surface area (Å²) in [6, 6.07) is 15.3. The number of aromatic hydroxyl groups is 1. The summed E-state index contributed by atoms with van der Waals surface area (Å²) in [7, 11) is 0. The molecule has 0 spiro atoms. The minimum atomic E-state index is -0.760. The number of phenols is 1. The smallest absolute Gasteiger partial charge is 0.319 e. The van der Waals surface area contributed by atoms with Crippen molar-refractivity contribution >= 4 is 56.5 Å². The zero-order valence-corrected chi connectivity index (χ0v) is 46.4. The molecule has 5 fully saturated rings. The highest BCUT2D eigenvalue weighted by atomic mass is 32.1. The zero-order chi connectivity index (χ0) is 55.6. The zero-order valence-electron chi connectivity index (χ0n) is 45.6. The maximum atomic E-state index is 17.0. The van der Waals surface area contributed by atoms with Gasteiger partial charge in [0.2, 0.25) is 11.8 Å². The summed E-state index contributed by atoms with van der Waals surface area (Å²) in [6.07, 6.45) is 13.8. The number of piperidine rings is 1. The number of halogens is 2. The summed E-state index contributed by atoms with van der Waals surface area (Å²) in [5, 5.41) is 22.8. The monoisotopic (exact) mass is 1110 g/mol. The molecule has 0 saturated carbocycles. The number of fused-ring (bicyclic) bond motifs is 4. The number of piperazine rings is 1. The van der Waals surface area contributed by atoms with Crippen LogP contribution in [0, 0.1) is 30.9 Å². The quantitative estimate of drug-likeness (QED) is 0.0827. The summed E-state index contributed by atoms with van der Waals surface area (Å²) >= 11 is 1.60. The van der Waals surface area contributed by atoms with E-state index in [1.54, 1.807) is 22.3 Å². The third-order valence-electron chi connectivity index (χ3n) is 15.9. The van der Waals surface area contributed by atoms with Gasteiger partial charge in [-0.2, -0.15) is 9.97 Å². The number of nitrogens with one attached hydrogen (secondary N) is 2. The van der Waals surface area contributed by atoms with Crippen LogP contribution < -0.4 is 25.2 Å². The van der Waals surface area contributed by atoms with E-state index in [9.17, 15) is 14.7 Å². The first-order valence-electron chi connectivity index (χ1n) is 27.9. The van der Waals surface area contributed by atoms with Crippen LogP contribution in [0.2, 0.25) is 0 Å². The lowest BCUT2D eigenvalue weighted by molar-refractivity contribution is -0.138. The number of rotatable bonds is 15. The van der Waals surface area contributed by atoms with Crippen LogP contribution in [0.25, 0.3) is 43.4 Å². The SMILES string of the molecule is C#Cc1c(F)ccc2cc(O)cc(-c3ncc4c(N5CC6CCC(C5)N6)nc(OCCN5CCC(OC6CN(c7cc(CC(=O)N8CCCC8C(=O)NC(C)c8ccc(-c9scnc9C)cc8)on7)C6)CC5)nc4c3F)c12.CCC. The first-order valence-corrected chi connectivity index (χ1v) is 28.8. The molecule has 4 atom stereocenters. The van der Waals surface area contributed by atoms with E-state index in [2.05, 4.69) is 77.3 Å². The third kappa shape index (κ3) is 11.5. The highest BCUT2D eigenvalue weighted by Gasteiger charge is 2.38. The van der Waals surface area contributed by atoms with Crippen molar-refractivity contribution in [2.24, 2.45) is 0 Å². The number of pyridine rings is 1. The Morgan fingerprint density at radius 2 is 1.71 bits per heavy atom. The second-order valence-electron chi connectivity index (χ2n) is 21.7. The molecular formula is C60H67F2N11O6S. The number of aryl methyl sites for hydroxylation is 1. The molecular weight excluding hydrogens is 1040 g/mol. The van der Waals surface area contributed by atoms with Gasteiger partial charge in [-0.3, -0.25) is 19.5 Å². The Bertz CT molecular complexity index is 3420. The second-order valence-corrected chi connectivity index (χ2v) is 22.5. The molecule has 2 amide bonds. The molecule has 3 N–H and O–H groups in total. The number of aromatic nitrogens is 5. The highest BCUT2D eigenvalue weighted by Crippen LogP contribution is 2.40. The van der Waals surface area contributed by atoms with Crippen molar-refractivity contribution in [1.29, 1.82) is 0 Å². The number of hydrogen-bond acceptors (Lipinski definition) is 16. The number of nitrogens with zero attached hydrogens (tertiary/aromatic N) is 9. The minimum absolute atomic E-state index is 0.00327. The summed E-state index contributed by atoms with van der Waals surface area (Å²) in [5.41, 5.74) is 4.88. The molecule has 2 bridgehead atoms. The number of carbonyl (C=O) groups is 2. The first kappa shape index (κ1) is 54.6. The van der Waals surface area contributed by atoms with Crippen molar-refractivity contribution in [3.63, 3.8) is 0 Å². The fourth-order valence-corrected chi connectivity index (χ4v) is 12.6. The van der Waals surface area contributed by atoms with E-state index in [4.69, 9.17) is 25.4 Å². The molecule has 80 heavy (non-hydrogen) atoms. The topological polar surface area (TPSA) is 187 Å². The van der Waals surface area contributed by atoms with Gasteiger partial charge in [-0.25, -0.2) is 13.8 Å². The number of likely N-dealkylation sites (tertiary alicyclic amines) is 2.